The summed E-state index contributed by atoms with van der Waals surface area (Å²) in [5, 5.41) is 4.04. The van der Waals surface area contributed by atoms with Crippen LogP contribution in [0.1, 0.15) is 44.1 Å². The predicted octanol–water partition coefficient (Wildman–Crippen LogP) is 4.26. The number of nitrogens with zero attached hydrogens (tertiary/aromatic N) is 1. The van der Waals surface area contributed by atoms with Crippen LogP contribution in [0.2, 0.25) is 0 Å². The summed E-state index contributed by atoms with van der Waals surface area (Å²) < 4.78 is 5.65. The van der Waals surface area contributed by atoms with Gasteiger partial charge in [0, 0.05) is 5.41 Å². The maximum Gasteiger partial charge on any atom is 0.363 e. The second-order valence-corrected chi connectivity index (χ2v) is 8.37. The quantitative estimate of drug-likeness (QED) is 0.604. The minimum absolute atomic E-state index is 0.0641. The molecule has 1 aromatic rings. The summed E-state index contributed by atoms with van der Waals surface area (Å²) in [6.07, 6.45) is 9.55. The molecule has 0 aromatic carbocycles. The van der Waals surface area contributed by atoms with Gasteiger partial charge < -0.3 is 4.74 Å². The zero-order valence-electron chi connectivity index (χ0n) is 12.5. The molecule has 0 amide bonds. The van der Waals surface area contributed by atoms with Gasteiger partial charge in [-0.2, -0.15) is 11.3 Å². The van der Waals surface area contributed by atoms with Crippen LogP contribution < -0.4 is 0 Å². The van der Waals surface area contributed by atoms with Crippen molar-refractivity contribution in [2.75, 3.05) is 0 Å². The van der Waals surface area contributed by atoms with E-state index in [0.29, 0.717) is 5.70 Å². The maximum absolute atomic E-state index is 12.2. The van der Waals surface area contributed by atoms with Gasteiger partial charge in [0.25, 0.3) is 0 Å². The van der Waals surface area contributed by atoms with Crippen molar-refractivity contribution in [3.05, 3.63) is 28.1 Å². The first-order valence-corrected chi connectivity index (χ1v) is 9.20. The zero-order chi connectivity index (χ0) is 14.7. The van der Waals surface area contributed by atoms with Gasteiger partial charge in [0.15, 0.2) is 5.70 Å². The fourth-order valence-electron chi connectivity index (χ4n) is 5.52. The Hall–Kier alpha value is -1.42. The molecule has 2 heterocycles. The second-order valence-electron chi connectivity index (χ2n) is 7.59. The molecular weight excluding hydrogens is 294 g/mol. The number of hydrogen-bond acceptors (Lipinski definition) is 4. The van der Waals surface area contributed by atoms with Crippen LogP contribution in [0.4, 0.5) is 0 Å². The number of carbonyl (C=O) groups excluding carboxylic acids is 1. The van der Waals surface area contributed by atoms with Crippen LogP contribution >= 0.6 is 11.3 Å². The number of esters is 1. The van der Waals surface area contributed by atoms with Crippen molar-refractivity contribution in [1.29, 1.82) is 0 Å². The molecule has 22 heavy (non-hydrogen) atoms. The van der Waals surface area contributed by atoms with Crippen LogP contribution in [0.3, 0.4) is 0 Å². The lowest BCUT2D eigenvalue weighted by Gasteiger charge is -2.55. The third-order valence-corrected chi connectivity index (χ3v) is 6.66. The van der Waals surface area contributed by atoms with Crippen molar-refractivity contribution < 1.29 is 9.53 Å². The van der Waals surface area contributed by atoms with E-state index in [0.717, 1.165) is 29.2 Å². The van der Waals surface area contributed by atoms with Crippen molar-refractivity contribution in [2.45, 2.75) is 38.5 Å². The molecule has 4 bridgehead atoms. The lowest BCUT2D eigenvalue weighted by molar-refractivity contribution is -0.131. The largest absolute Gasteiger partial charge is 0.406 e. The van der Waals surface area contributed by atoms with E-state index in [4.69, 9.17) is 4.74 Å². The van der Waals surface area contributed by atoms with Gasteiger partial charge in [-0.25, -0.2) is 9.79 Å². The fourth-order valence-corrected chi connectivity index (χ4v) is 6.14. The predicted molar refractivity (Wildman–Crippen MR) is 86.4 cm³/mol. The standard InChI is InChI=1S/C18H19NO2S/c20-16-15(6-11-1-2-22-10-11)19-17(21-16)18-7-12-3-13(8-18)5-14(4-12)9-18/h1-2,6,10,12-14H,3-5,7-9H2/b15-6-. The lowest BCUT2D eigenvalue weighted by atomic mass is 9.49. The molecule has 4 heteroatoms. The van der Waals surface area contributed by atoms with Gasteiger partial charge in [0.05, 0.1) is 0 Å². The number of rotatable bonds is 2. The summed E-state index contributed by atoms with van der Waals surface area (Å²) in [5.74, 6) is 2.96. The molecule has 0 spiro atoms. The molecule has 0 atom stereocenters. The molecular formula is C18H19NO2S. The molecule has 0 N–H and O–H groups in total. The second kappa shape index (κ2) is 4.54. The first kappa shape index (κ1) is 13.1. The van der Waals surface area contributed by atoms with Crippen molar-refractivity contribution in [2.24, 2.45) is 28.2 Å². The number of aliphatic imine (C=N–C) groups is 1. The summed E-state index contributed by atoms with van der Waals surface area (Å²) in [4.78, 5) is 16.8. The minimum Gasteiger partial charge on any atom is -0.406 e. The Kier molecular flexibility index (Phi) is 2.70. The lowest BCUT2D eigenvalue weighted by Crippen LogP contribution is -2.50. The van der Waals surface area contributed by atoms with Gasteiger partial charge in [0.2, 0.25) is 5.90 Å². The number of hydrogen-bond donors (Lipinski definition) is 0. The summed E-state index contributed by atoms with van der Waals surface area (Å²) in [5.41, 5.74) is 1.57. The van der Waals surface area contributed by atoms with Gasteiger partial charge in [-0.3, -0.25) is 0 Å². The molecule has 0 unspecified atom stereocenters. The molecule has 3 nitrogen and oxygen atoms in total. The van der Waals surface area contributed by atoms with Crippen molar-refractivity contribution in [3.63, 3.8) is 0 Å². The van der Waals surface area contributed by atoms with Gasteiger partial charge in [-0.05, 0) is 84.7 Å². The normalized spacial score (nSPS) is 41.1. The maximum atomic E-state index is 12.2. The van der Waals surface area contributed by atoms with Gasteiger partial charge >= 0.3 is 5.97 Å². The number of cyclic esters (lactones) is 1. The minimum atomic E-state index is -0.267. The summed E-state index contributed by atoms with van der Waals surface area (Å²) in [7, 11) is 0. The highest BCUT2D eigenvalue weighted by Crippen LogP contribution is 2.61. The Morgan fingerprint density at radius 2 is 1.86 bits per heavy atom. The first-order valence-electron chi connectivity index (χ1n) is 8.25. The van der Waals surface area contributed by atoms with E-state index in [1.165, 1.54) is 38.5 Å². The first-order chi connectivity index (χ1) is 10.7. The highest BCUT2D eigenvalue weighted by atomic mass is 32.1. The third kappa shape index (κ3) is 1.93. The topological polar surface area (TPSA) is 38.7 Å². The third-order valence-electron chi connectivity index (χ3n) is 5.96. The number of ether oxygens (including phenoxy) is 1. The molecule has 1 aliphatic heterocycles. The summed E-state index contributed by atoms with van der Waals surface area (Å²) in [6, 6.07) is 2.00. The van der Waals surface area contributed by atoms with Crippen LogP contribution in [0, 0.1) is 23.2 Å². The van der Waals surface area contributed by atoms with E-state index < -0.39 is 0 Å². The Balaban J connectivity index is 1.50. The van der Waals surface area contributed by atoms with Gasteiger partial charge in [-0.1, -0.05) is 0 Å². The summed E-state index contributed by atoms with van der Waals surface area (Å²) in [6.45, 7) is 0. The molecule has 1 aromatic heterocycles. The monoisotopic (exact) mass is 313 g/mol. The van der Waals surface area contributed by atoms with E-state index in [1.54, 1.807) is 11.3 Å². The van der Waals surface area contributed by atoms with Crippen LogP contribution in [0.5, 0.6) is 0 Å². The number of thiophene rings is 1. The SMILES string of the molecule is O=C1OC(C23CC4CC(CC(C4)C2)C3)=N/C1=C\c1ccsc1. The molecule has 0 radical (unpaired) electrons. The van der Waals surface area contributed by atoms with E-state index in [-0.39, 0.29) is 11.4 Å². The van der Waals surface area contributed by atoms with E-state index in [9.17, 15) is 4.79 Å². The smallest absolute Gasteiger partial charge is 0.363 e. The molecule has 4 aliphatic carbocycles. The molecule has 5 aliphatic rings. The van der Waals surface area contributed by atoms with E-state index >= 15 is 0 Å². The molecule has 0 saturated heterocycles. The average molecular weight is 313 g/mol. The molecule has 6 rings (SSSR count). The van der Waals surface area contributed by atoms with Crippen LogP contribution in [-0.4, -0.2) is 11.9 Å². The van der Waals surface area contributed by atoms with E-state index in [1.807, 2.05) is 22.9 Å². The Morgan fingerprint density at radius 1 is 1.18 bits per heavy atom. The van der Waals surface area contributed by atoms with Crippen molar-refractivity contribution >= 4 is 29.3 Å². The van der Waals surface area contributed by atoms with Gasteiger partial charge in [0.1, 0.15) is 0 Å². The molecule has 4 saturated carbocycles. The summed E-state index contributed by atoms with van der Waals surface area (Å²) >= 11 is 1.63. The van der Waals surface area contributed by atoms with Crippen LogP contribution in [0.15, 0.2) is 27.5 Å². The Bertz CT molecular complexity index is 651. The molecule has 4 fully saturated rings. The van der Waals surface area contributed by atoms with E-state index in [2.05, 4.69) is 4.99 Å². The van der Waals surface area contributed by atoms with Crippen molar-refractivity contribution in [1.82, 2.24) is 0 Å². The molecule has 114 valence electrons. The zero-order valence-corrected chi connectivity index (χ0v) is 13.3. The average Bonchev–Trinajstić information content (AvgIpc) is 3.09. The van der Waals surface area contributed by atoms with Gasteiger partial charge in [-0.15, -0.1) is 0 Å². The fraction of sp³-hybridized carbons (Fsp3) is 0.556. The Morgan fingerprint density at radius 3 is 2.45 bits per heavy atom. The highest BCUT2D eigenvalue weighted by molar-refractivity contribution is 7.08. The Labute approximate surface area is 134 Å². The van der Waals surface area contributed by atoms with Crippen molar-refractivity contribution in [3.8, 4) is 0 Å². The number of carbonyl (C=O) groups is 1. The van der Waals surface area contributed by atoms with Crippen LogP contribution in [0.25, 0.3) is 6.08 Å². The van der Waals surface area contributed by atoms with Crippen LogP contribution in [-0.2, 0) is 9.53 Å². The highest BCUT2D eigenvalue weighted by Gasteiger charge is 2.55.